The Hall–Kier alpha value is -3.19. The third-order valence-electron chi connectivity index (χ3n) is 4.46. The first kappa shape index (κ1) is 14.4. The first-order valence-electron chi connectivity index (χ1n) is 7.82. The Labute approximate surface area is 139 Å². The molecule has 1 saturated carbocycles. The molecule has 1 fully saturated rings. The second-order valence-corrected chi connectivity index (χ2v) is 6.03. The molecule has 2 aromatic carbocycles. The molecule has 1 heterocycles. The van der Waals surface area contributed by atoms with Gasteiger partial charge in [-0.25, -0.2) is 9.64 Å². The van der Waals surface area contributed by atoms with Gasteiger partial charge in [0.1, 0.15) is 0 Å². The first-order chi connectivity index (χ1) is 11.7. The molecule has 0 unspecified atom stereocenters. The molecule has 1 aromatic heterocycles. The number of benzene rings is 2. The van der Waals surface area contributed by atoms with Crippen LogP contribution in [0.25, 0.3) is 26.9 Å². The van der Waals surface area contributed by atoms with Crippen molar-refractivity contribution >= 4 is 22.6 Å². The molecule has 4 nitrogen and oxygen atoms in total. The Balaban J connectivity index is 1.96. The predicted molar refractivity (Wildman–Crippen MR) is 92.4 cm³/mol. The number of nitrogens with zero attached hydrogens (tertiary/aromatic N) is 2. The van der Waals surface area contributed by atoms with Gasteiger partial charge in [-0.1, -0.05) is 42.5 Å². The van der Waals surface area contributed by atoms with Crippen molar-refractivity contribution in [3.8, 4) is 11.1 Å². The number of aromatic carboxylic acids is 1. The maximum atomic E-state index is 11.6. The van der Waals surface area contributed by atoms with Crippen LogP contribution in [-0.2, 0) is 0 Å². The molecule has 1 aliphatic rings. The number of pyridine rings is 1. The maximum Gasteiger partial charge on any atom is 0.337 e. The molecular weight excluding hydrogens is 300 g/mol. The van der Waals surface area contributed by atoms with E-state index in [4.69, 9.17) is 6.57 Å². The van der Waals surface area contributed by atoms with Crippen molar-refractivity contribution in [2.75, 3.05) is 0 Å². The molecule has 0 bridgehead atoms. The zero-order chi connectivity index (χ0) is 16.7. The van der Waals surface area contributed by atoms with Crippen molar-refractivity contribution in [3.05, 3.63) is 71.2 Å². The maximum absolute atomic E-state index is 11.6. The van der Waals surface area contributed by atoms with Gasteiger partial charge in [-0.05, 0) is 29.9 Å². The van der Waals surface area contributed by atoms with E-state index in [0.29, 0.717) is 17.2 Å². The summed E-state index contributed by atoms with van der Waals surface area (Å²) in [7, 11) is 0. The van der Waals surface area contributed by atoms with Gasteiger partial charge in [0.05, 0.1) is 17.7 Å². The predicted octanol–water partition coefficient (Wildman–Crippen LogP) is 5.03. The molecule has 1 N–H and O–H groups in total. The molecule has 0 radical (unpaired) electrons. The Bertz CT molecular complexity index is 997. The number of hydrogen-bond acceptors (Lipinski definition) is 2. The summed E-state index contributed by atoms with van der Waals surface area (Å²) in [6.07, 6.45) is 3.54. The Morgan fingerprint density at radius 1 is 1.17 bits per heavy atom. The first-order valence-corrected chi connectivity index (χ1v) is 7.82. The number of carboxylic acids is 1. The number of fused-ring (bicyclic) bond motifs is 1. The number of hydrogen-bond donors (Lipinski definition) is 1. The average Bonchev–Trinajstić information content (AvgIpc) is 3.45. The molecule has 0 spiro atoms. The Morgan fingerprint density at radius 3 is 2.54 bits per heavy atom. The van der Waals surface area contributed by atoms with Crippen LogP contribution in [0.3, 0.4) is 0 Å². The van der Waals surface area contributed by atoms with Crippen LogP contribution in [0.15, 0.2) is 48.7 Å². The normalized spacial score (nSPS) is 13.6. The molecule has 0 amide bonds. The second kappa shape index (κ2) is 5.47. The lowest BCUT2D eigenvalue weighted by Crippen LogP contribution is -2.04. The Morgan fingerprint density at radius 2 is 1.92 bits per heavy atom. The van der Waals surface area contributed by atoms with Gasteiger partial charge in [-0.2, -0.15) is 0 Å². The van der Waals surface area contributed by atoms with E-state index in [9.17, 15) is 9.90 Å². The number of aromatic nitrogens is 1. The average molecular weight is 314 g/mol. The van der Waals surface area contributed by atoms with Gasteiger partial charge in [0.2, 0.25) is 0 Å². The van der Waals surface area contributed by atoms with Crippen LogP contribution >= 0.6 is 0 Å². The molecule has 116 valence electrons. The van der Waals surface area contributed by atoms with Crippen molar-refractivity contribution in [3.63, 3.8) is 0 Å². The van der Waals surface area contributed by atoms with Gasteiger partial charge >= 0.3 is 5.97 Å². The largest absolute Gasteiger partial charge is 0.478 e. The number of carboxylic acid groups (broad SMARTS) is 1. The quantitative estimate of drug-likeness (QED) is 0.690. The van der Waals surface area contributed by atoms with Crippen LogP contribution in [0.2, 0.25) is 0 Å². The van der Waals surface area contributed by atoms with Gasteiger partial charge in [0.25, 0.3) is 0 Å². The fourth-order valence-corrected chi connectivity index (χ4v) is 3.17. The highest BCUT2D eigenvalue weighted by atomic mass is 16.4. The SMILES string of the molecule is [C-]#[N+]c1ccc(-c2cccc3c(C4CC4)c(C(=O)O)cnc23)cc1. The zero-order valence-electron chi connectivity index (χ0n) is 12.9. The molecule has 0 aliphatic heterocycles. The molecule has 4 heteroatoms. The topological polar surface area (TPSA) is 54.5 Å². The van der Waals surface area contributed by atoms with E-state index < -0.39 is 5.97 Å². The highest BCUT2D eigenvalue weighted by molar-refractivity contribution is 6.01. The zero-order valence-corrected chi connectivity index (χ0v) is 12.9. The summed E-state index contributed by atoms with van der Waals surface area (Å²) in [6, 6.07) is 13.3. The van der Waals surface area contributed by atoms with E-state index in [1.807, 2.05) is 30.3 Å². The highest BCUT2D eigenvalue weighted by Crippen LogP contribution is 2.45. The summed E-state index contributed by atoms with van der Waals surface area (Å²) < 4.78 is 0. The number of carbonyl (C=O) groups is 1. The summed E-state index contributed by atoms with van der Waals surface area (Å²) in [6.45, 7) is 7.05. The van der Waals surface area contributed by atoms with E-state index in [1.165, 1.54) is 6.20 Å². The fraction of sp³-hybridized carbons (Fsp3) is 0.150. The van der Waals surface area contributed by atoms with Gasteiger partial charge in [-0.3, -0.25) is 4.98 Å². The van der Waals surface area contributed by atoms with Gasteiger partial charge in [-0.15, -0.1) is 0 Å². The minimum absolute atomic E-state index is 0.311. The Kier molecular flexibility index (Phi) is 3.28. The third-order valence-corrected chi connectivity index (χ3v) is 4.46. The third kappa shape index (κ3) is 2.31. The molecule has 1 aliphatic carbocycles. The highest BCUT2D eigenvalue weighted by Gasteiger charge is 2.30. The summed E-state index contributed by atoms with van der Waals surface area (Å²) in [5.41, 5.74) is 4.57. The van der Waals surface area contributed by atoms with E-state index in [-0.39, 0.29) is 0 Å². The lowest BCUT2D eigenvalue weighted by atomic mass is 9.95. The molecule has 4 rings (SSSR count). The van der Waals surface area contributed by atoms with Crippen LogP contribution < -0.4 is 0 Å². The second-order valence-electron chi connectivity index (χ2n) is 6.03. The van der Waals surface area contributed by atoms with Gasteiger partial charge in [0.15, 0.2) is 5.69 Å². The van der Waals surface area contributed by atoms with Crippen molar-refractivity contribution in [2.45, 2.75) is 18.8 Å². The minimum Gasteiger partial charge on any atom is -0.478 e. The van der Waals surface area contributed by atoms with E-state index in [2.05, 4.69) is 9.83 Å². The smallest absolute Gasteiger partial charge is 0.337 e. The molecule has 0 saturated heterocycles. The lowest BCUT2D eigenvalue weighted by molar-refractivity contribution is 0.0695. The van der Waals surface area contributed by atoms with E-state index in [0.717, 1.165) is 40.4 Å². The minimum atomic E-state index is -0.918. The monoisotopic (exact) mass is 314 g/mol. The summed E-state index contributed by atoms with van der Waals surface area (Å²) in [5.74, 6) is -0.598. The van der Waals surface area contributed by atoms with Crippen molar-refractivity contribution < 1.29 is 9.90 Å². The van der Waals surface area contributed by atoms with Crippen LogP contribution in [-0.4, -0.2) is 16.1 Å². The van der Waals surface area contributed by atoms with E-state index in [1.54, 1.807) is 12.1 Å². The van der Waals surface area contributed by atoms with Gasteiger partial charge < -0.3 is 5.11 Å². The molecule has 0 atom stereocenters. The van der Waals surface area contributed by atoms with Crippen LogP contribution in [0, 0.1) is 6.57 Å². The van der Waals surface area contributed by atoms with Crippen LogP contribution in [0.4, 0.5) is 5.69 Å². The van der Waals surface area contributed by atoms with Crippen LogP contribution in [0.1, 0.15) is 34.7 Å². The summed E-state index contributed by atoms with van der Waals surface area (Å²) >= 11 is 0. The van der Waals surface area contributed by atoms with E-state index >= 15 is 0 Å². The standard InChI is InChI=1S/C20H14N2O2/c1-21-14-9-7-12(8-10-14)15-3-2-4-16-18(13-5-6-13)17(20(23)24)11-22-19(15)16/h2-4,7-11,13H,5-6H2,(H,23,24). The van der Waals surface area contributed by atoms with Crippen molar-refractivity contribution in [1.29, 1.82) is 0 Å². The lowest BCUT2D eigenvalue weighted by Gasteiger charge is -2.12. The molecule has 24 heavy (non-hydrogen) atoms. The summed E-state index contributed by atoms with van der Waals surface area (Å²) in [4.78, 5) is 19.4. The number of para-hydroxylation sites is 1. The van der Waals surface area contributed by atoms with Gasteiger partial charge in [0, 0.05) is 17.1 Å². The summed E-state index contributed by atoms with van der Waals surface area (Å²) in [5, 5.41) is 10.4. The molecule has 3 aromatic rings. The van der Waals surface area contributed by atoms with Crippen molar-refractivity contribution in [1.82, 2.24) is 4.98 Å². The fourth-order valence-electron chi connectivity index (χ4n) is 3.17. The van der Waals surface area contributed by atoms with Crippen molar-refractivity contribution in [2.24, 2.45) is 0 Å². The van der Waals surface area contributed by atoms with Crippen LogP contribution in [0.5, 0.6) is 0 Å². The number of rotatable bonds is 3. The molecular formula is C20H14N2O2.